The highest BCUT2D eigenvalue weighted by atomic mass is 16.6. The number of nitrogens with one attached hydrogen (secondary N) is 3. The zero-order valence-corrected chi connectivity index (χ0v) is 15.6. The van der Waals surface area contributed by atoms with E-state index in [1.165, 1.54) is 7.05 Å². The maximum Gasteiger partial charge on any atom is 0.407 e. The molecule has 0 heterocycles. The number of rotatable bonds is 12. The van der Waals surface area contributed by atoms with Crippen molar-refractivity contribution >= 4 is 17.9 Å². The second-order valence-electron chi connectivity index (χ2n) is 6.18. The van der Waals surface area contributed by atoms with Crippen molar-refractivity contribution in [3.05, 3.63) is 0 Å². The molecule has 9 heteroatoms. The van der Waals surface area contributed by atoms with E-state index in [1.54, 1.807) is 20.8 Å². The largest absolute Gasteiger partial charge is 0.444 e. The van der Waals surface area contributed by atoms with Crippen molar-refractivity contribution in [2.75, 3.05) is 46.6 Å². The van der Waals surface area contributed by atoms with Crippen LogP contribution in [0.3, 0.4) is 0 Å². The molecule has 0 fully saturated rings. The van der Waals surface area contributed by atoms with Gasteiger partial charge >= 0.3 is 6.09 Å². The van der Waals surface area contributed by atoms with Gasteiger partial charge in [0, 0.05) is 33.0 Å². The lowest BCUT2D eigenvalue weighted by Crippen LogP contribution is -2.34. The molecule has 3 N–H and O–H groups in total. The summed E-state index contributed by atoms with van der Waals surface area (Å²) in [5.41, 5.74) is -0.517. The maximum absolute atomic E-state index is 11.4. The molecule has 0 saturated carbocycles. The summed E-state index contributed by atoms with van der Waals surface area (Å²) in [4.78, 5) is 33.7. The molecule has 0 aliphatic heterocycles. The van der Waals surface area contributed by atoms with Crippen LogP contribution in [0.4, 0.5) is 4.79 Å². The van der Waals surface area contributed by atoms with Crippen LogP contribution in [0.25, 0.3) is 0 Å². The highest BCUT2D eigenvalue weighted by Gasteiger charge is 2.15. The van der Waals surface area contributed by atoms with E-state index in [9.17, 15) is 14.4 Å². The van der Waals surface area contributed by atoms with Crippen molar-refractivity contribution in [2.24, 2.45) is 0 Å². The highest BCUT2D eigenvalue weighted by Crippen LogP contribution is 2.05. The summed E-state index contributed by atoms with van der Waals surface area (Å²) >= 11 is 0. The molecular weight excluding hydrogens is 330 g/mol. The van der Waals surface area contributed by atoms with Crippen LogP contribution in [0.2, 0.25) is 0 Å². The normalized spacial score (nSPS) is 10.9. The molecule has 0 atom stereocenters. The van der Waals surface area contributed by atoms with Gasteiger partial charge in [0.15, 0.2) is 0 Å². The minimum Gasteiger partial charge on any atom is -0.444 e. The number of carbonyl (C=O) groups is 3. The first kappa shape index (κ1) is 23.1. The molecule has 0 spiro atoms. The molecule has 0 saturated heterocycles. The standard InChI is InChI=1S/C16H31N3O6/c1-16(2,3)25-15(22)19-8-10-24-12-11-23-9-7-18-14(21)6-5-13(20)17-4/h5-12H2,1-4H3,(H,17,20)(H,18,21)(H,19,22). The van der Waals surface area contributed by atoms with Crippen LogP contribution in [0, 0.1) is 0 Å². The van der Waals surface area contributed by atoms with Crippen LogP contribution < -0.4 is 16.0 Å². The summed E-state index contributed by atoms with van der Waals surface area (Å²) in [7, 11) is 1.53. The van der Waals surface area contributed by atoms with Gasteiger partial charge in [-0.1, -0.05) is 0 Å². The predicted molar refractivity (Wildman–Crippen MR) is 92.2 cm³/mol. The Kier molecular flexibility index (Phi) is 12.4. The third kappa shape index (κ3) is 16.8. The summed E-state index contributed by atoms with van der Waals surface area (Å²) in [6.45, 7) is 7.63. The molecule has 3 amide bonds. The lowest BCUT2D eigenvalue weighted by molar-refractivity contribution is -0.126. The molecule has 0 aromatic rings. The van der Waals surface area contributed by atoms with Gasteiger partial charge in [-0.05, 0) is 20.8 Å². The van der Waals surface area contributed by atoms with Crippen molar-refractivity contribution in [2.45, 2.75) is 39.2 Å². The van der Waals surface area contributed by atoms with Gasteiger partial charge in [0.1, 0.15) is 5.60 Å². The Morgan fingerprint density at radius 3 is 1.84 bits per heavy atom. The fraction of sp³-hybridized carbons (Fsp3) is 0.812. The van der Waals surface area contributed by atoms with Crippen molar-refractivity contribution < 1.29 is 28.6 Å². The van der Waals surface area contributed by atoms with E-state index in [-0.39, 0.29) is 24.7 Å². The summed E-state index contributed by atoms with van der Waals surface area (Å²) < 4.78 is 15.7. The molecule has 0 aromatic heterocycles. The average molecular weight is 361 g/mol. The highest BCUT2D eigenvalue weighted by molar-refractivity contribution is 5.83. The Morgan fingerprint density at radius 1 is 0.800 bits per heavy atom. The monoisotopic (exact) mass is 361 g/mol. The number of ether oxygens (including phenoxy) is 3. The quantitative estimate of drug-likeness (QED) is 0.427. The van der Waals surface area contributed by atoms with E-state index in [4.69, 9.17) is 14.2 Å². The maximum atomic E-state index is 11.4. The number of hydrogen-bond donors (Lipinski definition) is 3. The number of amides is 3. The van der Waals surface area contributed by atoms with Gasteiger partial charge in [-0.25, -0.2) is 4.79 Å². The van der Waals surface area contributed by atoms with Crippen molar-refractivity contribution in [3.63, 3.8) is 0 Å². The fourth-order valence-electron chi connectivity index (χ4n) is 1.56. The Balaban J connectivity index is 3.35. The van der Waals surface area contributed by atoms with Crippen LogP contribution in [0.1, 0.15) is 33.6 Å². The van der Waals surface area contributed by atoms with Gasteiger partial charge in [-0.2, -0.15) is 0 Å². The Bertz CT molecular complexity index is 409. The Morgan fingerprint density at radius 2 is 1.32 bits per heavy atom. The first-order valence-corrected chi connectivity index (χ1v) is 8.34. The van der Waals surface area contributed by atoms with Crippen LogP contribution in [-0.4, -0.2) is 70.1 Å². The van der Waals surface area contributed by atoms with E-state index < -0.39 is 11.7 Å². The van der Waals surface area contributed by atoms with E-state index in [0.29, 0.717) is 39.5 Å². The van der Waals surface area contributed by atoms with Gasteiger partial charge in [0.05, 0.1) is 26.4 Å². The lowest BCUT2D eigenvalue weighted by atomic mass is 10.2. The third-order valence-corrected chi connectivity index (χ3v) is 2.71. The SMILES string of the molecule is CNC(=O)CCC(=O)NCCOCCOCCNC(=O)OC(C)(C)C. The van der Waals surface area contributed by atoms with Gasteiger partial charge in [0.2, 0.25) is 11.8 Å². The van der Waals surface area contributed by atoms with Crippen LogP contribution >= 0.6 is 0 Å². The van der Waals surface area contributed by atoms with Crippen LogP contribution in [0.5, 0.6) is 0 Å². The van der Waals surface area contributed by atoms with E-state index >= 15 is 0 Å². The molecule has 0 rings (SSSR count). The summed E-state index contributed by atoms with van der Waals surface area (Å²) in [6.07, 6.45) is -0.138. The molecule has 0 aliphatic rings. The van der Waals surface area contributed by atoms with Crippen molar-refractivity contribution in [1.29, 1.82) is 0 Å². The minimum absolute atomic E-state index is 0.160. The summed E-state index contributed by atoms with van der Waals surface area (Å²) in [5.74, 6) is -0.346. The molecule has 0 unspecified atom stereocenters. The molecule has 0 bridgehead atoms. The number of carbonyl (C=O) groups excluding carboxylic acids is 3. The lowest BCUT2D eigenvalue weighted by Gasteiger charge is -2.19. The van der Waals surface area contributed by atoms with Crippen LogP contribution in [0.15, 0.2) is 0 Å². The Hall–Kier alpha value is -1.87. The zero-order valence-electron chi connectivity index (χ0n) is 15.6. The Labute approximate surface area is 149 Å². The molecule has 146 valence electrons. The van der Waals surface area contributed by atoms with Crippen molar-refractivity contribution in [1.82, 2.24) is 16.0 Å². The van der Waals surface area contributed by atoms with E-state index in [2.05, 4.69) is 16.0 Å². The van der Waals surface area contributed by atoms with Gasteiger partial charge in [0.25, 0.3) is 0 Å². The summed E-state index contributed by atoms with van der Waals surface area (Å²) in [5, 5.41) is 7.70. The number of alkyl carbamates (subject to hydrolysis) is 1. The molecule has 25 heavy (non-hydrogen) atoms. The van der Waals surface area contributed by atoms with Gasteiger partial charge in [-0.15, -0.1) is 0 Å². The smallest absolute Gasteiger partial charge is 0.407 e. The van der Waals surface area contributed by atoms with Gasteiger partial charge < -0.3 is 30.2 Å². The molecule has 0 aliphatic carbocycles. The molecule has 0 radical (unpaired) electrons. The minimum atomic E-state index is -0.517. The average Bonchev–Trinajstić information content (AvgIpc) is 2.52. The van der Waals surface area contributed by atoms with Crippen LogP contribution in [-0.2, 0) is 23.8 Å². The second kappa shape index (κ2) is 13.4. The fourth-order valence-corrected chi connectivity index (χ4v) is 1.56. The van der Waals surface area contributed by atoms with E-state index in [0.717, 1.165) is 0 Å². The van der Waals surface area contributed by atoms with Crippen molar-refractivity contribution in [3.8, 4) is 0 Å². The molecular formula is C16H31N3O6. The molecule has 9 nitrogen and oxygen atoms in total. The van der Waals surface area contributed by atoms with Gasteiger partial charge in [-0.3, -0.25) is 9.59 Å². The molecule has 0 aromatic carbocycles. The topological polar surface area (TPSA) is 115 Å². The predicted octanol–water partition coefficient (Wildman–Crippen LogP) is 0.187. The zero-order chi connectivity index (χ0) is 19.1. The van der Waals surface area contributed by atoms with E-state index in [1.807, 2.05) is 0 Å². The summed E-state index contributed by atoms with van der Waals surface area (Å²) in [6, 6.07) is 0. The second-order valence-corrected chi connectivity index (χ2v) is 6.18. The third-order valence-electron chi connectivity index (χ3n) is 2.71. The number of hydrogen-bond acceptors (Lipinski definition) is 6. The first-order valence-electron chi connectivity index (χ1n) is 8.34. The first-order chi connectivity index (χ1) is 11.7.